The van der Waals surface area contributed by atoms with E-state index in [1.807, 2.05) is 44.4 Å². The van der Waals surface area contributed by atoms with Gasteiger partial charge in [0.25, 0.3) is 0 Å². The van der Waals surface area contributed by atoms with Crippen molar-refractivity contribution in [3.05, 3.63) is 59.7 Å². The van der Waals surface area contributed by atoms with Crippen molar-refractivity contribution >= 4 is 5.97 Å². The van der Waals surface area contributed by atoms with Gasteiger partial charge in [-0.05, 0) is 37.9 Å². The van der Waals surface area contributed by atoms with Crippen LogP contribution in [-0.4, -0.2) is 43.7 Å². The van der Waals surface area contributed by atoms with Gasteiger partial charge in [-0.3, -0.25) is 0 Å². The monoisotopic (exact) mass is 329 g/mol. The molecule has 0 aliphatic rings. The number of hydrogen-bond acceptors (Lipinski definition) is 4. The highest BCUT2D eigenvalue weighted by Crippen LogP contribution is 2.33. The van der Waals surface area contributed by atoms with Crippen LogP contribution in [0.5, 0.6) is 11.5 Å². The Kier molecular flexibility index (Phi) is 6.21. The highest BCUT2D eigenvalue weighted by Gasteiger charge is 2.17. The van der Waals surface area contributed by atoms with Crippen molar-refractivity contribution < 1.29 is 19.4 Å². The Labute approximate surface area is 142 Å². The Hall–Kier alpha value is -2.53. The van der Waals surface area contributed by atoms with E-state index in [0.29, 0.717) is 11.5 Å². The summed E-state index contributed by atoms with van der Waals surface area (Å²) in [6.07, 6.45) is 0.666. The van der Waals surface area contributed by atoms with Crippen LogP contribution in [0.4, 0.5) is 0 Å². The molecule has 2 aromatic carbocycles. The zero-order chi connectivity index (χ0) is 17.5. The number of carboxylic acid groups (broad SMARTS) is 1. The zero-order valence-electron chi connectivity index (χ0n) is 14.2. The van der Waals surface area contributed by atoms with Gasteiger partial charge in [-0.1, -0.05) is 30.3 Å². The number of carboxylic acids is 1. The maximum atomic E-state index is 11.1. The maximum Gasteiger partial charge on any atom is 0.335 e. The summed E-state index contributed by atoms with van der Waals surface area (Å²) in [5, 5.41) is 9.10. The number of benzene rings is 2. The van der Waals surface area contributed by atoms with Crippen molar-refractivity contribution in [3.63, 3.8) is 0 Å². The minimum atomic E-state index is -0.993. The second-order valence-corrected chi connectivity index (χ2v) is 5.78. The third-order valence-corrected chi connectivity index (χ3v) is 3.69. The summed E-state index contributed by atoms with van der Waals surface area (Å²) in [7, 11) is 5.54. The minimum absolute atomic E-state index is 0.141. The largest absolute Gasteiger partial charge is 0.493 e. The Morgan fingerprint density at radius 1 is 1.12 bits per heavy atom. The molecule has 0 aliphatic heterocycles. The van der Waals surface area contributed by atoms with Crippen molar-refractivity contribution in [2.75, 3.05) is 27.7 Å². The lowest BCUT2D eigenvalue weighted by Crippen LogP contribution is -2.19. The van der Waals surface area contributed by atoms with E-state index in [4.69, 9.17) is 14.6 Å². The lowest BCUT2D eigenvalue weighted by molar-refractivity contribution is 0.0696. The average Bonchev–Trinajstić information content (AvgIpc) is 2.59. The lowest BCUT2D eigenvalue weighted by atomic mass is 10.1. The lowest BCUT2D eigenvalue weighted by Gasteiger charge is -2.22. The van der Waals surface area contributed by atoms with Crippen LogP contribution in [0.15, 0.2) is 48.5 Å². The van der Waals surface area contributed by atoms with Gasteiger partial charge in [0, 0.05) is 13.0 Å². The van der Waals surface area contributed by atoms with Crippen LogP contribution in [0.25, 0.3) is 0 Å². The second-order valence-electron chi connectivity index (χ2n) is 5.78. The normalized spacial score (nSPS) is 12.0. The van der Waals surface area contributed by atoms with E-state index in [2.05, 4.69) is 4.90 Å². The molecule has 0 fully saturated rings. The molecule has 2 aromatic rings. The summed E-state index contributed by atoms with van der Waals surface area (Å²) in [6, 6.07) is 14.6. The SMILES string of the molecule is COc1cc(C(=O)O)ccc1O[C@@H](CCN(C)C)c1ccccc1. The first-order valence-electron chi connectivity index (χ1n) is 7.79. The fourth-order valence-electron chi connectivity index (χ4n) is 2.39. The van der Waals surface area contributed by atoms with E-state index in [9.17, 15) is 4.79 Å². The van der Waals surface area contributed by atoms with Crippen molar-refractivity contribution in [3.8, 4) is 11.5 Å². The van der Waals surface area contributed by atoms with Crippen LogP contribution in [-0.2, 0) is 0 Å². The highest BCUT2D eigenvalue weighted by molar-refractivity contribution is 5.88. The van der Waals surface area contributed by atoms with Crippen molar-refractivity contribution in [1.29, 1.82) is 0 Å². The number of hydrogen-bond donors (Lipinski definition) is 1. The van der Waals surface area contributed by atoms with E-state index in [-0.39, 0.29) is 11.7 Å². The number of aromatic carboxylic acids is 1. The number of rotatable bonds is 8. The fourth-order valence-corrected chi connectivity index (χ4v) is 2.39. The summed E-state index contributed by atoms with van der Waals surface area (Å²) >= 11 is 0. The number of carbonyl (C=O) groups is 1. The van der Waals surface area contributed by atoms with Gasteiger partial charge in [-0.15, -0.1) is 0 Å². The predicted octanol–water partition coefficient (Wildman–Crippen LogP) is 3.47. The van der Waals surface area contributed by atoms with Gasteiger partial charge in [-0.2, -0.15) is 0 Å². The van der Waals surface area contributed by atoms with Gasteiger partial charge >= 0.3 is 5.97 Å². The van der Waals surface area contributed by atoms with Crippen molar-refractivity contribution in [2.45, 2.75) is 12.5 Å². The standard InChI is InChI=1S/C19H23NO4/c1-20(2)12-11-16(14-7-5-4-6-8-14)24-17-10-9-15(19(21)22)13-18(17)23-3/h4-10,13,16H,11-12H2,1-3H3,(H,21,22)/t16-/m0/s1. The summed E-state index contributed by atoms with van der Waals surface area (Å²) in [5.74, 6) is -0.0390. The molecule has 0 saturated carbocycles. The molecular formula is C19H23NO4. The Morgan fingerprint density at radius 3 is 2.42 bits per heavy atom. The van der Waals surface area contributed by atoms with Crippen LogP contribution < -0.4 is 9.47 Å². The molecular weight excluding hydrogens is 306 g/mol. The van der Waals surface area contributed by atoms with Gasteiger partial charge < -0.3 is 19.5 Å². The number of ether oxygens (including phenoxy) is 2. The molecule has 128 valence electrons. The molecule has 0 aliphatic carbocycles. The molecule has 0 radical (unpaired) electrons. The number of methoxy groups -OCH3 is 1. The third-order valence-electron chi connectivity index (χ3n) is 3.69. The van der Waals surface area contributed by atoms with E-state index in [0.717, 1.165) is 18.5 Å². The molecule has 0 bridgehead atoms. The first-order valence-corrected chi connectivity index (χ1v) is 7.79. The van der Waals surface area contributed by atoms with Crippen molar-refractivity contribution in [2.24, 2.45) is 0 Å². The summed E-state index contributed by atoms with van der Waals surface area (Å²) in [5.41, 5.74) is 1.24. The average molecular weight is 329 g/mol. The van der Waals surface area contributed by atoms with Crippen LogP contribution in [0.3, 0.4) is 0 Å². The molecule has 0 heterocycles. The summed E-state index contributed by atoms with van der Waals surface area (Å²) in [4.78, 5) is 13.2. The highest BCUT2D eigenvalue weighted by atomic mass is 16.5. The molecule has 0 amide bonds. The van der Waals surface area contributed by atoms with Gasteiger partial charge in [0.15, 0.2) is 11.5 Å². The molecule has 1 N–H and O–H groups in total. The fraction of sp³-hybridized carbons (Fsp3) is 0.316. The van der Waals surface area contributed by atoms with Gasteiger partial charge in [-0.25, -0.2) is 4.79 Å². The smallest absolute Gasteiger partial charge is 0.335 e. The molecule has 1 atom stereocenters. The molecule has 0 unspecified atom stereocenters. The molecule has 5 heteroatoms. The molecule has 0 aromatic heterocycles. The van der Waals surface area contributed by atoms with Gasteiger partial charge in [0.2, 0.25) is 0 Å². The summed E-state index contributed by atoms with van der Waals surface area (Å²) in [6.45, 7) is 0.870. The number of nitrogens with zero attached hydrogens (tertiary/aromatic N) is 1. The molecule has 0 saturated heterocycles. The first-order chi connectivity index (χ1) is 11.5. The molecule has 24 heavy (non-hydrogen) atoms. The predicted molar refractivity (Wildman–Crippen MR) is 92.9 cm³/mol. The van der Waals surface area contributed by atoms with Crippen LogP contribution in [0, 0.1) is 0 Å². The van der Waals surface area contributed by atoms with E-state index in [1.165, 1.54) is 19.2 Å². The summed E-state index contributed by atoms with van der Waals surface area (Å²) < 4.78 is 11.5. The first kappa shape index (κ1) is 17.8. The van der Waals surface area contributed by atoms with Crippen LogP contribution in [0.1, 0.15) is 28.4 Å². The quantitative estimate of drug-likeness (QED) is 0.803. The van der Waals surface area contributed by atoms with Gasteiger partial charge in [0.1, 0.15) is 6.10 Å². The molecule has 5 nitrogen and oxygen atoms in total. The minimum Gasteiger partial charge on any atom is -0.493 e. The van der Waals surface area contributed by atoms with Crippen molar-refractivity contribution in [1.82, 2.24) is 4.90 Å². The topological polar surface area (TPSA) is 59.0 Å². The van der Waals surface area contributed by atoms with E-state index in [1.54, 1.807) is 6.07 Å². The van der Waals surface area contributed by atoms with Gasteiger partial charge in [0.05, 0.1) is 12.7 Å². The second kappa shape index (κ2) is 8.36. The third kappa shape index (κ3) is 4.73. The van der Waals surface area contributed by atoms with Crippen LogP contribution >= 0.6 is 0 Å². The van der Waals surface area contributed by atoms with E-state index < -0.39 is 5.97 Å². The molecule has 0 spiro atoms. The van der Waals surface area contributed by atoms with E-state index >= 15 is 0 Å². The Bertz CT molecular complexity index is 670. The maximum absolute atomic E-state index is 11.1. The Morgan fingerprint density at radius 2 is 1.83 bits per heavy atom. The molecule has 2 rings (SSSR count). The Balaban J connectivity index is 2.27. The zero-order valence-corrected chi connectivity index (χ0v) is 14.2. The van der Waals surface area contributed by atoms with Crippen LogP contribution in [0.2, 0.25) is 0 Å².